The molecule has 0 aliphatic rings. The Labute approximate surface area is 250 Å². The fourth-order valence-electron chi connectivity index (χ4n) is 3.97. The summed E-state index contributed by atoms with van der Waals surface area (Å²) in [6, 6.07) is 13.8. The van der Waals surface area contributed by atoms with Crippen LogP contribution >= 0.6 is 46.6 Å². The lowest BCUT2D eigenvalue weighted by Crippen LogP contribution is -2.38. The normalized spacial score (nSPS) is 12.0. The van der Waals surface area contributed by atoms with Gasteiger partial charge in [-0.3, -0.25) is 4.57 Å². The monoisotopic (exact) mass is 624 g/mol. The van der Waals surface area contributed by atoms with Crippen molar-refractivity contribution in [3.8, 4) is 11.4 Å². The fraction of sp³-hybridized carbons (Fsp3) is 0.241. The van der Waals surface area contributed by atoms with Crippen molar-refractivity contribution in [3.05, 3.63) is 104 Å². The van der Waals surface area contributed by atoms with E-state index in [9.17, 15) is 18.7 Å². The molecule has 1 heterocycles. The molecule has 0 amide bonds. The predicted octanol–water partition coefficient (Wildman–Crippen LogP) is 8.97. The van der Waals surface area contributed by atoms with Gasteiger partial charge in [-0.25, -0.2) is 18.6 Å². The van der Waals surface area contributed by atoms with Crippen molar-refractivity contribution in [2.45, 2.75) is 49.6 Å². The number of benzene rings is 3. The van der Waals surface area contributed by atoms with E-state index in [1.807, 2.05) is 24.5 Å². The molecule has 0 atom stereocenters. The zero-order valence-electron chi connectivity index (χ0n) is 21.9. The molecule has 4 rings (SSSR count). The third-order valence-corrected chi connectivity index (χ3v) is 8.53. The summed E-state index contributed by atoms with van der Waals surface area (Å²) in [6.45, 7) is 6.65. The van der Waals surface area contributed by atoms with Crippen LogP contribution in [0.25, 0.3) is 5.69 Å². The number of hydrogen-bond donors (Lipinski definition) is 1. The van der Waals surface area contributed by atoms with Crippen LogP contribution in [-0.2, 0) is 16.0 Å². The minimum Gasteiger partial charge on any atom is -0.478 e. The smallest absolute Gasteiger partial charge is 0.347 e. The van der Waals surface area contributed by atoms with E-state index < -0.39 is 28.6 Å². The van der Waals surface area contributed by atoms with Crippen LogP contribution in [0.15, 0.2) is 66.0 Å². The molecule has 40 heavy (non-hydrogen) atoms. The SMILES string of the molecule is CC(C)(Oc1cc(-n2c(C(C)(C)c3ccc(Cl)c(Cl)c3)cnc2SCc2ccc(F)cc2Cl)ccc1F)C(=O)O. The molecule has 0 saturated carbocycles. The summed E-state index contributed by atoms with van der Waals surface area (Å²) in [5, 5.41) is 11.2. The quantitative estimate of drug-likeness (QED) is 0.188. The third kappa shape index (κ3) is 6.25. The maximum Gasteiger partial charge on any atom is 0.347 e. The lowest BCUT2D eigenvalue weighted by Gasteiger charge is -2.28. The Hall–Kier alpha value is -2.78. The summed E-state index contributed by atoms with van der Waals surface area (Å²) in [4.78, 5) is 16.3. The third-order valence-electron chi connectivity index (χ3n) is 6.44. The number of aromatic nitrogens is 2. The number of hydrogen-bond acceptors (Lipinski definition) is 4. The van der Waals surface area contributed by atoms with Gasteiger partial charge >= 0.3 is 5.97 Å². The van der Waals surface area contributed by atoms with Crippen LogP contribution in [0.2, 0.25) is 15.1 Å². The Morgan fingerprint density at radius 1 is 0.975 bits per heavy atom. The lowest BCUT2D eigenvalue weighted by molar-refractivity contribution is -0.152. The lowest BCUT2D eigenvalue weighted by atomic mass is 9.81. The molecule has 210 valence electrons. The van der Waals surface area contributed by atoms with E-state index in [1.54, 1.807) is 30.5 Å². The number of nitrogens with zero attached hydrogens (tertiary/aromatic N) is 2. The predicted molar refractivity (Wildman–Crippen MR) is 155 cm³/mol. The first-order chi connectivity index (χ1) is 18.7. The molecule has 0 fully saturated rings. The second kappa shape index (κ2) is 11.6. The van der Waals surface area contributed by atoms with Gasteiger partial charge in [0.1, 0.15) is 5.82 Å². The molecule has 0 unspecified atom stereocenters. The molecular weight excluding hydrogens is 601 g/mol. The van der Waals surface area contributed by atoms with Crippen molar-refractivity contribution in [1.82, 2.24) is 9.55 Å². The first-order valence-corrected chi connectivity index (χ1v) is 14.2. The van der Waals surface area contributed by atoms with Crippen molar-refractivity contribution in [2.24, 2.45) is 0 Å². The molecule has 1 N–H and O–H groups in total. The molecule has 5 nitrogen and oxygen atoms in total. The van der Waals surface area contributed by atoms with Crippen LogP contribution in [0.3, 0.4) is 0 Å². The highest BCUT2D eigenvalue weighted by Gasteiger charge is 2.32. The molecule has 4 aromatic rings. The molecule has 0 aliphatic heterocycles. The summed E-state index contributed by atoms with van der Waals surface area (Å²) in [5.41, 5.74) is 0.446. The van der Waals surface area contributed by atoms with Gasteiger partial charge in [-0.2, -0.15) is 0 Å². The van der Waals surface area contributed by atoms with Crippen LogP contribution in [-0.4, -0.2) is 26.2 Å². The molecule has 3 aromatic carbocycles. The number of halogens is 5. The Morgan fingerprint density at radius 3 is 2.35 bits per heavy atom. The standard InChI is InChI=1S/C29H25Cl3F2N2O3S/c1-28(2,17-6-9-20(30)22(32)11-17)25-14-35-27(40-15-16-5-7-18(33)12-21(16)31)36(25)19-8-10-23(34)24(13-19)39-29(3,4)26(37)38/h5-14H,15H2,1-4H3,(H,37,38). The molecule has 0 aliphatic carbocycles. The van der Waals surface area contributed by atoms with Gasteiger partial charge in [-0.1, -0.05) is 72.5 Å². The molecular formula is C29H25Cl3F2N2O3S. The summed E-state index contributed by atoms with van der Waals surface area (Å²) >= 11 is 20.1. The number of ether oxygens (including phenoxy) is 1. The van der Waals surface area contributed by atoms with E-state index in [-0.39, 0.29) is 10.8 Å². The molecule has 0 radical (unpaired) electrons. The highest BCUT2D eigenvalue weighted by Crippen LogP contribution is 2.40. The number of aliphatic carboxylic acids is 1. The van der Waals surface area contributed by atoms with Gasteiger partial charge in [0.2, 0.25) is 0 Å². The Bertz CT molecular complexity index is 1590. The van der Waals surface area contributed by atoms with Crippen LogP contribution in [0, 0.1) is 11.6 Å². The average molecular weight is 626 g/mol. The van der Waals surface area contributed by atoms with E-state index in [1.165, 1.54) is 49.9 Å². The summed E-state index contributed by atoms with van der Waals surface area (Å²) < 4.78 is 35.8. The first-order valence-electron chi connectivity index (χ1n) is 12.0. The minimum atomic E-state index is -1.67. The highest BCUT2D eigenvalue weighted by atomic mass is 35.5. The number of rotatable bonds is 9. The second-order valence-corrected chi connectivity index (χ2v) is 12.2. The minimum absolute atomic E-state index is 0.227. The van der Waals surface area contributed by atoms with Gasteiger partial charge in [0.05, 0.1) is 27.6 Å². The van der Waals surface area contributed by atoms with Crippen molar-refractivity contribution >= 4 is 52.5 Å². The van der Waals surface area contributed by atoms with Crippen LogP contribution in [0.5, 0.6) is 5.75 Å². The van der Waals surface area contributed by atoms with Crippen LogP contribution < -0.4 is 4.74 Å². The Kier molecular flexibility index (Phi) is 8.76. The summed E-state index contributed by atoms with van der Waals surface area (Å²) in [6.07, 6.45) is 1.71. The van der Waals surface area contributed by atoms with Gasteiger partial charge in [0, 0.05) is 22.3 Å². The Balaban J connectivity index is 1.84. The van der Waals surface area contributed by atoms with Gasteiger partial charge in [-0.15, -0.1) is 0 Å². The second-order valence-electron chi connectivity index (χ2n) is 10.1. The van der Waals surface area contributed by atoms with Crippen molar-refractivity contribution < 1.29 is 23.4 Å². The zero-order valence-corrected chi connectivity index (χ0v) is 25.0. The maximum absolute atomic E-state index is 14.8. The van der Waals surface area contributed by atoms with Crippen molar-refractivity contribution in [2.75, 3.05) is 0 Å². The molecule has 11 heteroatoms. The van der Waals surface area contributed by atoms with E-state index >= 15 is 0 Å². The van der Waals surface area contributed by atoms with Crippen molar-refractivity contribution in [3.63, 3.8) is 0 Å². The van der Waals surface area contributed by atoms with Crippen LogP contribution in [0.4, 0.5) is 8.78 Å². The van der Waals surface area contributed by atoms with Gasteiger partial charge in [0.25, 0.3) is 0 Å². The van der Waals surface area contributed by atoms with E-state index in [0.717, 1.165) is 11.3 Å². The van der Waals surface area contributed by atoms with E-state index in [2.05, 4.69) is 4.98 Å². The molecule has 0 spiro atoms. The van der Waals surface area contributed by atoms with Crippen LogP contribution in [0.1, 0.15) is 44.5 Å². The number of thioether (sulfide) groups is 1. The summed E-state index contributed by atoms with van der Waals surface area (Å²) in [5.74, 6) is -2.24. The van der Waals surface area contributed by atoms with E-state index in [4.69, 9.17) is 39.5 Å². The topological polar surface area (TPSA) is 64.4 Å². The maximum atomic E-state index is 14.8. The van der Waals surface area contributed by atoms with Gasteiger partial charge in [0.15, 0.2) is 22.3 Å². The van der Waals surface area contributed by atoms with Gasteiger partial charge in [-0.05, 0) is 61.4 Å². The molecule has 0 bridgehead atoms. The largest absolute Gasteiger partial charge is 0.478 e. The number of carboxylic acid groups (broad SMARTS) is 1. The number of imidazole rings is 1. The first kappa shape index (κ1) is 30.2. The van der Waals surface area contributed by atoms with Gasteiger partial charge < -0.3 is 9.84 Å². The van der Waals surface area contributed by atoms with Crippen molar-refractivity contribution in [1.29, 1.82) is 0 Å². The zero-order chi connectivity index (χ0) is 29.4. The Morgan fingerprint density at radius 2 is 1.70 bits per heavy atom. The highest BCUT2D eigenvalue weighted by molar-refractivity contribution is 7.98. The van der Waals surface area contributed by atoms with E-state index in [0.29, 0.717) is 32.2 Å². The number of carboxylic acids is 1. The molecule has 1 aromatic heterocycles. The average Bonchev–Trinajstić information content (AvgIpc) is 3.31. The molecule has 0 saturated heterocycles. The number of carbonyl (C=O) groups is 1. The summed E-state index contributed by atoms with van der Waals surface area (Å²) in [7, 11) is 0. The fourth-order valence-corrected chi connectivity index (χ4v) is 5.58.